The number of carbonyl (C=O) groups is 2. The smallest absolute Gasteiger partial charge is 0.254 e. The molecule has 3 aromatic rings. The predicted octanol–water partition coefficient (Wildman–Crippen LogP) is 2.81. The summed E-state index contributed by atoms with van der Waals surface area (Å²) in [7, 11) is 3.44. The monoisotopic (exact) mass is 395 g/mol. The molecule has 0 unspecified atom stereocenters. The number of likely N-dealkylation sites (tertiary alicyclic amines) is 1. The summed E-state index contributed by atoms with van der Waals surface area (Å²) in [4.78, 5) is 32.9. The van der Waals surface area contributed by atoms with E-state index in [1.807, 2.05) is 35.2 Å². The first kappa shape index (κ1) is 18.5. The summed E-state index contributed by atoms with van der Waals surface area (Å²) in [5.74, 6) is 0.122. The van der Waals surface area contributed by atoms with Gasteiger partial charge in [-0.1, -0.05) is 0 Å². The van der Waals surface area contributed by atoms with Gasteiger partial charge >= 0.3 is 0 Å². The van der Waals surface area contributed by atoms with Crippen LogP contribution < -0.4 is 0 Å². The molecule has 7 nitrogen and oxygen atoms in total. The van der Waals surface area contributed by atoms with Crippen molar-refractivity contribution in [3.63, 3.8) is 0 Å². The minimum Gasteiger partial charge on any atom is -0.345 e. The fourth-order valence-corrected chi connectivity index (χ4v) is 4.05. The number of hydrogen-bond donors (Lipinski definition) is 0. The number of pyridine rings is 1. The third-order valence-corrected chi connectivity index (χ3v) is 5.62. The number of hydrogen-bond acceptors (Lipinski definition) is 6. The summed E-state index contributed by atoms with van der Waals surface area (Å²) in [6.07, 6.45) is 3.53. The zero-order valence-electron chi connectivity index (χ0n) is 15.8. The van der Waals surface area contributed by atoms with Gasteiger partial charge in [0.1, 0.15) is 11.0 Å². The van der Waals surface area contributed by atoms with Crippen LogP contribution in [0.1, 0.15) is 45.2 Å². The lowest BCUT2D eigenvalue weighted by Crippen LogP contribution is -2.39. The quantitative estimate of drug-likeness (QED) is 0.681. The van der Waals surface area contributed by atoms with Crippen LogP contribution in [0.25, 0.3) is 11.0 Å². The molecule has 2 aromatic heterocycles. The van der Waals surface area contributed by atoms with Gasteiger partial charge in [-0.3, -0.25) is 14.6 Å². The minimum atomic E-state index is -0.0635. The average molecular weight is 395 g/mol. The molecule has 3 heterocycles. The lowest BCUT2D eigenvalue weighted by Gasteiger charge is -2.32. The Bertz CT molecular complexity index is 1010. The maximum Gasteiger partial charge on any atom is 0.254 e. The molecule has 0 N–H and O–H groups in total. The van der Waals surface area contributed by atoms with Gasteiger partial charge in [0.25, 0.3) is 11.8 Å². The van der Waals surface area contributed by atoms with E-state index >= 15 is 0 Å². The normalized spacial score (nSPS) is 16.9. The molecule has 144 valence electrons. The predicted molar refractivity (Wildman–Crippen MR) is 108 cm³/mol. The van der Waals surface area contributed by atoms with E-state index in [1.54, 1.807) is 20.3 Å². The van der Waals surface area contributed by atoms with Gasteiger partial charge in [0, 0.05) is 50.6 Å². The molecule has 1 aliphatic heterocycles. The summed E-state index contributed by atoms with van der Waals surface area (Å²) < 4.78 is 8.41. The van der Waals surface area contributed by atoms with Crippen molar-refractivity contribution in [3.05, 3.63) is 53.3 Å². The van der Waals surface area contributed by atoms with E-state index in [4.69, 9.17) is 0 Å². The van der Waals surface area contributed by atoms with Crippen LogP contribution in [0.15, 0.2) is 36.5 Å². The molecule has 2 amide bonds. The van der Waals surface area contributed by atoms with E-state index in [0.717, 1.165) is 47.8 Å². The van der Waals surface area contributed by atoms with Crippen molar-refractivity contribution in [1.82, 2.24) is 23.5 Å². The Morgan fingerprint density at radius 2 is 1.89 bits per heavy atom. The highest BCUT2D eigenvalue weighted by atomic mass is 32.1. The molecule has 28 heavy (non-hydrogen) atoms. The molecule has 0 radical (unpaired) electrons. The van der Waals surface area contributed by atoms with Gasteiger partial charge in [0.2, 0.25) is 0 Å². The molecule has 1 fully saturated rings. The second-order valence-corrected chi connectivity index (χ2v) is 7.76. The third-order valence-electron chi connectivity index (χ3n) is 5.07. The van der Waals surface area contributed by atoms with E-state index in [9.17, 15) is 9.59 Å². The Morgan fingerprint density at radius 1 is 1.11 bits per heavy atom. The Labute approximate surface area is 167 Å². The van der Waals surface area contributed by atoms with Crippen LogP contribution in [-0.2, 0) is 0 Å². The lowest BCUT2D eigenvalue weighted by atomic mass is 9.93. The summed E-state index contributed by atoms with van der Waals surface area (Å²) in [6, 6.07) is 9.19. The lowest BCUT2D eigenvalue weighted by molar-refractivity contribution is 0.0706. The SMILES string of the molecule is CN(C)C(=O)c1ccc([C@H]2CCCN(C(=O)c3ccc4nsnc4c3)C2)nc1. The minimum absolute atomic E-state index is 0.0130. The fraction of sp³-hybridized carbons (Fsp3) is 0.350. The van der Waals surface area contributed by atoms with Gasteiger partial charge in [-0.05, 0) is 43.2 Å². The maximum absolute atomic E-state index is 13.0. The molecule has 1 aromatic carbocycles. The van der Waals surface area contributed by atoms with Crippen molar-refractivity contribution in [1.29, 1.82) is 0 Å². The van der Waals surface area contributed by atoms with Crippen LogP contribution in [0, 0.1) is 0 Å². The van der Waals surface area contributed by atoms with Gasteiger partial charge in [0.15, 0.2) is 0 Å². The van der Waals surface area contributed by atoms with Crippen molar-refractivity contribution in [2.75, 3.05) is 27.2 Å². The number of rotatable bonds is 3. The van der Waals surface area contributed by atoms with Gasteiger partial charge in [-0.15, -0.1) is 0 Å². The molecule has 0 saturated carbocycles. The molecule has 4 rings (SSSR count). The molecule has 1 saturated heterocycles. The van der Waals surface area contributed by atoms with E-state index in [-0.39, 0.29) is 17.7 Å². The van der Waals surface area contributed by atoms with Gasteiger partial charge < -0.3 is 9.80 Å². The topological polar surface area (TPSA) is 79.3 Å². The Balaban J connectivity index is 1.49. The molecule has 0 spiro atoms. The summed E-state index contributed by atoms with van der Waals surface area (Å²) in [6.45, 7) is 1.36. The molecule has 0 aliphatic carbocycles. The van der Waals surface area contributed by atoms with Crippen molar-refractivity contribution < 1.29 is 9.59 Å². The van der Waals surface area contributed by atoms with E-state index in [0.29, 0.717) is 17.7 Å². The molecule has 1 aliphatic rings. The average Bonchev–Trinajstić information content (AvgIpc) is 3.20. The van der Waals surface area contributed by atoms with Crippen molar-refractivity contribution in [2.24, 2.45) is 0 Å². The summed E-state index contributed by atoms with van der Waals surface area (Å²) in [5.41, 5.74) is 3.71. The highest BCUT2D eigenvalue weighted by Crippen LogP contribution is 2.27. The first-order valence-electron chi connectivity index (χ1n) is 9.22. The van der Waals surface area contributed by atoms with Crippen LogP contribution in [-0.4, -0.2) is 62.5 Å². The molecule has 0 bridgehead atoms. The van der Waals surface area contributed by atoms with Crippen LogP contribution in [0.3, 0.4) is 0 Å². The van der Waals surface area contributed by atoms with E-state index in [1.165, 1.54) is 4.90 Å². The number of benzene rings is 1. The molecule has 8 heteroatoms. The summed E-state index contributed by atoms with van der Waals surface area (Å²) >= 11 is 1.15. The molecular formula is C20H21N5O2S. The fourth-order valence-electron chi connectivity index (χ4n) is 3.53. The third kappa shape index (κ3) is 3.60. The van der Waals surface area contributed by atoms with E-state index < -0.39 is 0 Å². The first-order valence-corrected chi connectivity index (χ1v) is 9.95. The number of aromatic nitrogens is 3. The zero-order valence-corrected chi connectivity index (χ0v) is 16.6. The number of fused-ring (bicyclic) bond motifs is 1. The number of nitrogens with zero attached hydrogens (tertiary/aromatic N) is 5. The largest absolute Gasteiger partial charge is 0.345 e. The number of piperidine rings is 1. The second-order valence-electron chi connectivity index (χ2n) is 7.23. The number of carbonyl (C=O) groups excluding carboxylic acids is 2. The van der Waals surface area contributed by atoms with E-state index in [2.05, 4.69) is 13.7 Å². The highest BCUT2D eigenvalue weighted by molar-refractivity contribution is 7.00. The van der Waals surface area contributed by atoms with Crippen molar-refractivity contribution in [2.45, 2.75) is 18.8 Å². The maximum atomic E-state index is 13.0. The van der Waals surface area contributed by atoms with Crippen molar-refractivity contribution >= 4 is 34.6 Å². The highest BCUT2D eigenvalue weighted by Gasteiger charge is 2.26. The summed E-state index contributed by atoms with van der Waals surface area (Å²) in [5, 5.41) is 0. The van der Waals surface area contributed by atoms with Crippen LogP contribution in [0.5, 0.6) is 0 Å². The van der Waals surface area contributed by atoms with Gasteiger partial charge in [-0.25, -0.2) is 0 Å². The molecule has 1 atom stereocenters. The number of amides is 2. The standard InChI is InChI=1S/C20H21N5O2S/c1-24(2)19(26)14-6-7-16(21-11-14)15-4-3-9-25(12-15)20(27)13-5-8-17-18(10-13)23-28-22-17/h5-8,10-11,15H,3-4,9,12H2,1-2H3/t15-/m0/s1. The Kier molecular flexibility index (Phi) is 5.04. The van der Waals surface area contributed by atoms with Crippen molar-refractivity contribution in [3.8, 4) is 0 Å². The Morgan fingerprint density at radius 3 is 2.64 bits per heavy atom. The van der Waals surface area contributed by atoms with Gasteiger partial charge in [-0.2, -0.15) is 8.75 Å². The molecular weight excluding hydrogens is 374 g/mol. The van der Waals surface area contributed by atoms with Crippen LogP contribution >= 0.6 is 11.7 Å². The van der Waals surface area contributed by atoms with Crippen LogP contribution in [0.2, 0.25) is 0 Å². The van der Waals surface area contributed by atoms with Crippen LogP contribution in [0.4, 0.5) is 0 Å². The first-order chi connectivity index (χ1) is 13.5. The second kappa shape index (κ2) is 7.63. The Hall–Kier alpha value is -2.87. The zero-order chi connectivity index (χ0) is 19.7. The van der Waals surface area contributed by atoms with Gasteiger partial charge in [0.05, 0.1) is 17.3 Å².